The van der Waals surface area contributed by atoms with Crippen molar-refractivity contribution < 1.29 is 0 Å². The first-order valence-corrected chi connectivity index (χ1v) is 3.89. The third-order valence-corrected chi connectivity index (χ3v) is 1.87. The first-order valence-electron chi connectivity index (χ1n) is 3.89. The zero-order valence-corrected chi connectivity index (χ0v) is 6.70. The van der Waals surface area contributed by atoms with Gasteiger partial charge in [-0.1, -0.05) is 6.07 Å². The van der Waals surface area contributed by atoms with Gasteiger partial charge >= 0.3 is 0 Å². The quantitative estimate of drug-likeness (QED) is 0.555. The predicted octanol–water partition coefficient (Wildman–Crippen LogP) is 2.11. The Kier molecular flexibility index (Phi) is 1.60. The molecule has 2 heterocycles. The molecule has 0 radical (unpaired) electrons. The minimum absolute atomic E-state index is 0.710. The van der Waals surface area contributed by atoms with Crippen LogP contribution in [0.1, 0.15) is 5.56 Å². The van der Waals surface area contributed by atoms with Gasteiger partial charge in [0.05, 0.1) is 0 Å². The summed E-state index contributed by atoms with van der Waals surface area (Å²) < 4.78 is 2.08. The van der Waals surface area contributed by atoms with Crippen LogP contribution in [-0.2, 0) is 6.42 Å². The van der Waals surface area contributed by atoms with Gasteiger partial charge in [0.15, 0.2) is 0 Å². The number of hydrogen-bond acceptors (Lipinski definition) is 0. The molecule has 2 rings (SSSR count). The van der Waals surface area contributed by atoms with E-state index in [1.165, 1.54) is 11.1 Å². The molecule has 0 aliphatic carbocycles. The summed E-state index contributed by atoms with van der Waals surface area (Å²) in [5.41, 5.74) is 2.39. The zero-order chi connectivity index (χ0) is 8.39. The maximum Gasteiger partial charge on any atom is 0.0453 e. The van der Waals surface area contributed by atoms with Gasteiger partial charge in [0, 0.05) is 24.3 Å². The topological polar surface area (TPSA) is 4.41 Å². The third-order valence-electron chi connectivity index (χ3n) is 1.87. The molecule has 0 bridgehead atoms. The fourth-order valence-corrected chi connectivity index (χ4v) is 1.33. The van der Waals surface area contributed by atoms with Crippen LogP contribution in [0.3, 0.4) is 0 Å². The van der Waals surface area contributed by atoms with Crippen molar-refractivity contribution in [2.24, 2.45) is 0 Å². The molecule has 0 saturated heterocycles. The standard InChI is InChI=1S/C11H9N/c1-2-5-10-8-11-6-3-4-7-12(11)9-10/h1,3-4,6-9H,5H2. The van der Waals surface area contributed by atoms with Gasteiger partial charge in [0.1, 0.15) is 0 Å². The minimum atomic E-state index is 0.710. The molecule has 58 valence electrons. The summed E-state index contributed by atoms with van der Waals surface area (Å²) in [4.78, 5) is 0. The van der Waals surface area contributed by atoms with Crippen LogP contribution in [0.4, 0.5) is 0 Å². The van der Waals surface area contributed by atoms with Gasteiger partial charge in [-0.15, -0.1) is 12.3 Å². The first-order chi connectivity index (χ1) is 5.90. The molecule has 2 aromatic heterocycles. The van der Waals surface area contributed by atoms with E-state index < -0.39 is 0 Å². The lowest BCUT2D eigenvalue weighted by Gasteiger charge is -1.88. The van der Waals surface area contributed by atoms with Gasteiger partial charge in [-0.25, -0.2) is 0 Å². The van der Waals surface area contributed by atoms with Gasteiger partial charge in [-0.2, -0.15) is 0 Å². The first kappa shape index (κ1) is 7.00. The molecule has 1 nitrogen and oxygen atoms in total. The molecule has 0 saturated carbocycles. The molecule has 0 spiro atoms. The number of hydrogen-bond donors (Lipinski definition) is 0. The summed E-state index contributed by atoms with van der Waals surface area (Å²) in [6, 6.07) is 8.21. The zero-order valence-electron chi connectivity index (χ0n) is 6.70. The Bertz CT molecular complexity index is 398. The monoisotopic (exact) mass is 155 g/mol. The number of aromatic nitrogens is 1. The highest BCUT2D eigenvalue weighted by atomic mass is 14.8. The van der Waals surface area contributed by atoms with Gasteiger partial charge < -0.3 is 4.40 Å². The van der Waals surface area contributed by atoms with E-state index >= 15 is 0 Å². The van der Waals surface area contributed by atoms with E-state index in [9.17, 15) is 0 Å². The van der Waals surface area contributed by atoms with Crippen molar-refractivity contribution in [3.05, 3.63) is 42.2 Å². The van der Waals surface area contributed by atoms with Crippen LogP contribution in [0.2, 0.25) is 0 Å². The average Bonchev–Trinajstić information content (AvgIpc) is 2.47. The largest absolute Gasteiger partial charge is 0.324 e. The van der Waals surface area contributed by atoms with Crippen LogP contribution in [0.15, 0.2) is 36.7 Å². The molecule has 0 amide bonds. The molecule has 2 aromatic rings. The van der Waals surface area contributed by atoms with E-state index in [0.717, 1.165) is 0 Å². The second kappa shape index (κ2) is 2.75. The van der Waals surface area contributed by atoms with Crippen molar-refractivity contribution in [1.29, 1.82) is 0 Å². The average molecular weight is 155 g/mol. The maximum atomic E-state index is 5.22. The van der Waals surface area contributed by atoms with E-state index in [1.807, 2.05) is 18.3 Å². The highest BCUT2D eigenvalue weighted by molar-refractivity contribution is 5.50. The van der Waals surface area contributed by atoms with Crippen molar-refractivity contribution in [2.75, 3.05) is 0 Å². The number of pyridine rings is 1. The molecule has 0 aromatic carbocycles. The molecule has 1 heteroatoms. The Morgan fingerprint density at radius 1 is 1.42 bits per heavy atom. The Labute approximate surface area is 71.6 Å². The fourth-order valence-electron chi connectivity index (χ4n) is 1.33. The Balaban J connectivity index is 2.56. The van der Waals surface area contributed by atoms with Crippen molar-refractivity contribution >= 4 is 5.52 Å². The van der Waals surface area contributed by atoms with E-state index in [0.29, 0.717) is 6.42 Å². The highest BCUT2D eigenvalue weighted by Crippen LogP contribution is 2.09. The highest BCUT2D eigenvalue weighted by Gasteiger charge is 1.95. The van der Waals surface area contributed by atoms with E-state index in [-0.39, 0.29) is 0 Å². The number of rotatable bonds is 1. The van der Waals surface area contributed by atoms with Crippen molar-refractivity contribution in [1.82, 2.24) is 4.40 Å². The van der Waals surface area contributed by atoms with Crippen LogP contribution in [-0.4, -0.2) is 4.40 Å². The van der Waals surface area contributed by atoms with Crippen LogP contribution in [0.25, 0.3) is 5.52 Å². The van der Waals surface area contributed by atoms with Crippen molar-refractivity contribution in [3.8, 4) is 12.3 Å². The maximum absolute atomic E-state index is 5.22. The summed E-state index contributed by atoms with van der Waals surface area (Å²) in [6.45, 7) is 0. The third kappa shape index (κ3) is 1.08. The van der Waals surface area contributed by atoms with Gasteiger partial charge in [0.2, 0.25) is 0 Å². The fraction of sp³-hybridized carbons (Fsp3) is 0.0909. The van der Waals surface area contributed by atoms with Crippen LogP contribution in [0, 0.1) is 12.3 Å². The van der Waals surface area contributed by atoms with E-state index in [2.05, 4.69) is 28.7 Å². The second-order valence-electron chi connectivity index (χ2n) is 2.76. The number of fused-ring (bicyclic) bond motifs is 1. The van der Waals surface area contributed by atoms with Crippen molar-refractivity contribution in [2.45, 2.75) is 6.42 Å². The van der Waals surface area contributed by atoms with E-state index in [4.69, 9.17) is 6.42 Å². The summed E-state index contributed by atoms with van der Waals surface area (Å²) in [7, 11) is 0. The summed E-state index contributed by atoms with van der Waals surface area (Å²) in [6.07, 6.45) is 10.0. The number of nitrogens with zero attached hydrogens (tertiary/aromatic N) is 1. The Morgan fingerprint density at radius 2 is 2.33 bits per heavy atom. The molecule has 0 fully saturated rings. The van der Waals surface area contributed by atoms with Gasteiger partial charge in [0.25, 0.3) is 0 Å². The minimum Gasteiger partial charge on any atom is -0.324 e. The Morgan fingerprint density at radius 3 is 3.08 bits per heavy atom. The molecule has 0 aliphatic heterocycles. The van der Waals surface area contributed by atoms with Crippen LogP contribution in [0.5, 0.6) is 0 Å². The van der Waals surface area contributed by atoms with Crippen LogP contribution < -0.4 is 0 Å². The lowest BCUT2D eigenvalue weighted by Crippen LogP contribution is -1.77. The number of terminal acetylenes is 1. The lowest BCUT2D eigenvalue weighted by molar-refractivity contribution is 1.18. The van der Waals surface area contributed by atoms with Crippen molar-refractivity contribution in [3.63, 3.8) is 0 Å². The molecule has 0 aliphatic rings. The summed E-state index contributed by atoms with van der Waals surface area (Å²) in [5.74, 6) is 2.63. The van der Waals surface area contributed by atoms with Gasteiger partial charge in [-0.05, 0) is 23.8 Å². The van der Waals surface area contributed by atoms with Gasteiger partial charge in [-0.3, -0.25) is 0 Å². The molecular weight excluding hydrogens is 146 g/mol. The second-order valence-corrected chi connectivity index (χ2v) is 2.76. The molecule has 0 unspecified atom stereocenters. The lowest BCUT2D eigenvalue weighted by atomic mass is 10.2. The summed E-state index contributed by atoms with van der Waals surface area (Å²) in [5, 5.41) is 0. The Hall–Kier alpha value is -1.68. The SMILES string of the molecule is C#CCc1cc2ccccn2c1. The molecule has 0 atom stereocenters. The summed E-state index contributed by atoms with van der Waals surface area (Å²) >= 11 is 0. The van der Waals surface area contributed by atoms with Crippen LogP contribution >= 0.6 is 0 Å². The van der Waals surface area contributed by atoms with E-state index in [1.54, 1.807) is 0 Å². The molecular formula is C11H9N. The normalized spacial score (nSPS) is 9.92. The molecule has 12 heavy (non-hydrogen) atoms. The smallest absolute Gasteiger partial charge is 0.0453 e. The molecule has 0 N–H and O–H groups in total. The predicted molar refractivity (Wildman–Crippen MR) is 49.9 cm³/mol.